The molecule has 172 valence electrons. The Balaban J connectivity index is 1.31. The molecule has 3 N–H and O–H groups in total. The minimum absolute atomic E-state index is 0.151. The first-order valence-electron chi connectivity index (χ1n) is 10.8. The van der Waals surface area contributed by atoms with Crippen molar-refractivity contribution in [2.75, 3.05) is 27.9 Å². The third kappa shape index (κ3) is 5.27. The molecule has 0 bridgehead atoms. The van der Waals surface area contributed by atoms with Crippen LogP contribution >= 0.6 is 11.5 Å². The molecular weight excluding hydrogens is 434 g/mol. The van der Waals surface area contributed by atoms with Gasteiger partial charge in [-0.05, 0) is 59.4 Å². The number of hydrogen-bond acceptors (Lipinski definition) is 7. The second-order valence-electron chi connectivity index (χ2n) is 7.77. The van der Waals surface area contributed by atoms with Gasteiger partial charge in [0.1, 0.15) is 5.75 Å². The largest absolute Gasteiger partial charge is 0.497 e. The summed E-state index contributed by atoms with van der Waals surface area (Å²) in [6, 6.07) is 20.5. The molecule has 0 aliphatic rings. The van der Waals surface area contributed by atoms with E-state index < -0.39 is 0 Å². The minimum Gasteiger partial charge on any atom is -0.497 e. The molecule has 0 fully saturated rings. The van der Waals surface area contributed by atoms with E-state index in [1.54, 1.807) is 21.3 Å². The fraction of sp³-hybridized carbons (Fsp3) is 0.269. The molecule has 6 nitrogen and oxygen atoms in total. The number of methoxy groups -OCH3 is 3. The molecule has 1 heterocycles. The molecule has 1 atom stereocenters. The number of ether oxygens (including phenoxy) is 3. The number of hydrogen-bond donors (Lipinski definition) is 2. The molecule has 0 amide bonds. The Morgan fingerprint density at radius 3 is 2.15 bits per heavy atom. The summed E-state index contributed by atoms with van der Waals surface area (Å²) in [6.07, 6.45) is 0.789. The van der Waals surface area contributed by atoms with Crippen LogP contribution in [-0.4, -0.2) is 32.2 Å². The molecule has 0 spiro atoms. The molecule has 4 rings (SSSR count). The summed E-state index contributed by atoms with van der Waals surface area (Å²) in [6.45, 7) is 1.59. The summed E-state index contributed by atoms with van der Waals surface area (Å²) in [5.74, 6) is 2.26. The first kappa shape index (κ1) is 23.0. The molecule has 7 heteroatoms. The van der Waals surface area contributed by atoms with Gasteiger partial charge in [-0.2, -0.15) is 4.37 Å². The predicted molar refractivity (Wildman–Crippen MR) is 134 cm³/mol. The highest BCUT2D eigenvalue weighted by Crippen LogP contribution is 2.37. The second kappa shape index (κ2) is 10.7. The Morgan fingerprint density at radius 1 is 0.879 bits per heavy atom. The van der Waals surface area contributed by atoms with Crippen molar-refractivity contribution in [1.82, 2.24) is 9.69 Å². The molecule has 3 aromatic carbocycles. The molecule has 1 unspecified atom stereocenters. The van der Waals surface area contributed by atoms with Crippen LogP contribution in [0, 0.1) is 0 Å². The van der Waals surface area contributed by atoms with Crippen molar-refractivity contribution in [3.05, 3.63) is 71.9 Å². The first-order chi connectivity index (χ1) is 16.1. The van der Waals surface area contributed by atoms with Crippen LogP contribution in [0.4, 0.5) is 0 Å². The van der Waals surface area contributed by atoms with Crippen LogP contribution in [0.3, 0.4) is 0 Å². The zero-order valence-corrected chi connectivity index (χ0v) is 19.9. The van der Waals surface area contributed by atoms with Gasteiger partial charge in [-0.1, -0.05) is 36.4 Å². The van der Waals surface area contributed by atoms with Crippen LogP contribution in [0.2, 0.25) is 0 Å². The van der Waals surface area contributed by atoms with Crippen molar-refractivity contribution in [2.24, 2.45) is 5.73 Å². The van der Waals surface area contributed by atoms with E-state index in [4.69, 9.17) is 19.9 Å². The molecule has 0 radical (unpaired) electrons. The Hall–Kier alpha value is -3.13. The lowest BCUT2D eigenvalue weighted by Crippen LogP contribution is -2.21. The maximum Gasteiger partial charge on any atom is 0.162 e. The number of nitrogens with zero attached hydrogens (tertiary/aromatic N) is 1. The van der Waals surface area contributed by atoms with Gasteiger partial charge in [0.2, 0.25) is 0 Å². The van der Waals surface area contributed by atoms with Crippen LogP contribution in [-0.2, 0) is 6.54 Å². The van der Waals surface area contributed by atoms with Gasteiger partial charge >= 0.3 is 0 Å². The van der Waals surface area contributed by atoms with Crippen LogP contribution in [0.15, 0.2) is 60.7 Å². The number of nitrogens with two attached hydrogens (primary N) is 1. The number of nitrogens with one attached hydrogen (secondary N) is 1. The van der Waals surface area contributed by atoms with Gasteiger partial charge in [0, 0.05) is 24.0 Å². The number of rotatable bonds is 10. The third-order valence-electron chi connectivity index (χ3n) is 5.69. The third-order valence-corrected chi connectivity index (χ3v) is 6.52. The van der Waals surface area contributed by atoms with Crippen LogP contribution in [0.25, 0.3) is 21.2 Å². The number of fused-ring (bicyclic) bond motifs is 1. The molecule has 1 aromatic heterocycles. The second-order valence-corrected chi connectivity index (χ2v) is 8.57. The fourth-order valence-corrected chi connectivity index (χ4v) is 4.63. The summed E-state index contributed by atoms with van der Waals surface area (Å²) in [5.41, 5.74) is 11.0. The summed E-state index contributed by atoms with van der Waals surface area (Å²) in [5, 5.41) is 4.52. The molecule has 0 saturated carbocycles. The first-order valence-corrected chi connectivity index (χ1v) is 11.6. The topological polar surface area (TPSA) is 78.6 Å². The van der Waals surface area contributed by atoms with Gasteiger partial charge in [-0.25, -0.2) is 0 Å². The van der Waals surface area contributed by atoms with Crippen LogP contribution < -0.4 is 25.3 Å². The molecule has 0 aliphatic carbocycles. The van der Waals surface area contributed by atoms with Gasteiger partial charge < -0.3 is 25.3 Å². The highest BCUT2D eigenvalue weighted by molar-refractivity contribution is 7.13. The molecule has 4 aromatic rings. The average molecular weight is 464 g/mol. The van der Waals surface area contributed by atoms with Crippen molar-refractivity contribution in [3.8, 4) is 28.4 Å². The Bertz CT molecular complexity index is 1190. The zero-order chi connectivity index (χ0) is 23.2. The van der Waals surface area contributed by atoms with Gasteiger partial charge in [-0.3, -0.25) is 0 Å². The lowest BCUT2D eigenvalue weighted by atomic mass is 10.0. The summed E-state index contributed by atoms with van der Waals surface area (Å²) >= 11 is 1.44. The summed E-state index contributed by atoms with van der Waals surface area (Å²) in [4.78, 5) is 0. The predicted octanol–water partition coefficient (Wildman–Crippen LogP) is 5.17. The quantitative estimate of drug-likeness (QED) is 0.316. The molecular formula is C26H29N3O3S. The highest BCUT2D eigenvalue weighted by Gasteiger charge is 2.17. The van der Waals surface area contributed by atoms with Gasteiger partial charge in [-0.15, -0.1) is 0 Å². The lowest BCUT2D eigenvalue weighted by molar-refractivity contribution is 0.356. The molecule has 0 saturated heterocycles. The summed E-state index contributed by atoms with van der Waals surface area (Å²) < 4.78 is 21.7. The van der Waals surface area contributed by atoms with E-state index in [0.717, 1.165) is 41.0 Å². The lowest BCUT2D eigenvalue weighted by Gasteiger charge is -2.12. The average Bonchev–Trinajstić information content (AvgIpc) is 3.29. The van der Waals surface area contributed by atoms with Crippen LogP contribution in [0.5, 0.6) is 17.2 Å². The highest BCUT2D eigenvalue weighted by atomic mass is 32.1. The van der Waals surface area contributed by atoms with Gasteiger partial charge in [0.25, 0.3) is 0 Å². The standard InChI is InChI=1S/C26H29N3O3S/c1-30-20-10-8-19(9-11-20)18-6-4-17(5-7-18)16-28-13-12-22(27)26-21-14-23(31-2)24(32-3)15-25(21)33-29-26/h4-11,14-15,22,28H,12-13,16,27H2,1-3H3. The van der Waals surface area contributed by atoms with E-state index in [-0.39, 0.29) is 6.04 Å². The van der Waals surface area contributed by atoms with Crippen molar-refractivity contribution < 1.29 is 14.2 Å². The Kier molecular flexibility index (Phi) is 7.44. The maximum atomic E-state index is 6.48. The van der Waals surface area contributed by atoms with E-state index in [9.17, 15) is 0 Å². The smallest absolute Gasteiger partial charge is 0.162 e. The van der Waals surface area contributed by atoms with Gasteiger partial charge in [0.15, 0.2) is 11.5 Å². The Labute approximate surface area is 198 Å². The maximum absolute atomic E-state index is 6.48. The molecule has 33 heavy (non-hydrogen) atoms. The SMILES string of the molecule is COc1ccc(-c2ccc(CNCCC(N)c3nsc4cc(OC)c(OC)cc34)cc2)cc1. The van der Waals surface area contributed by atoms with Gasteiger partial charge in [0.05, 0.1) is 31.7 Å². The van der Waals surface area contributed by atoms with E-state index >= 15 is 0 Å². The number of aromatic nitrogens is 1. The van der Waals surface area contributed by atoms with Crippen LogP contribution in [0.1, 0.15) is 23.7 Å². The van der Waals surface area contributed by atoms with Crippen molar-refractivity contribution in [1.29, 1.82) is 0 Å². The zero-order valence-electron chi connectivity index (χ0n) is 19.1. The normalized spacial score (nSPS) is 12.0. The van der Waals surface area contributed by atoms with Crippen molar-refractivity contribution in [2.45, 2.75) is 19.0 Å². The number of benzene rings is 3. The van der Waals surface area contributed by atoms with E-state index in [1.807, 2.05) is 24.3 Å². The fourth-order valence-electron chi connectivity index (χ4n) is 3.78. The minimum atomic E-state index is -0.151. The van der Waals surface area contributed by atoms with Crippen molar-refractivity contribution >= 4 is 21.6 Å². The molecule has 0 aliphatic heterocycles. The van der Waals surface area contributed by atoms with E-state index in [1.165, 1.54) is 28.2 Å². The summed E-state index contributed by atoms with van der Waals surface area (Å²) in [7, 11) is 4.95. The monoisotopic (exact) mass is 463 g/mol. The van der Waals surface area contributed by atoms with E-state index in [0.29, 0.717) is 11.5 Å². The Morgan fingerprint density at radius 2 is 1.52 bits per heavy atom. The van der Waals surface area contributed by atoms with E-state index in [2.05, 4.69) is 46.1 Å². The van der Waals surface area contributed by atoms with Crippen molar-refractivity contribution in [3.63, 3.8) is 0 Å².